The van der Waals surface area contributed by atoms with Crippen molar-refractivity contribution in [1.82, 2.24) is 10.7 Å². The van der Waals surface area contributed by atoms with Crippen LogP contribution in [0.4, 0.5) is 0 Å². The van der Waals surface area contributed by atoms with Gasteiger partial charge in [-0.1, -0.05) is 12.1 Å². The van der Waals surface area contributed by atoms with Crippen molar-refractivity contribution >= 4 is 12.2 Å². The van der Waals surface area contributed by atoms with E-state index >= 15 is 0 Å². The van der Waals surface area contributed by atoms with Gasteiger partial charge in [-0.25, -0.2) is 4.79 Å². The van der Waals surface area contributed by atoms with Gasteiger partial charge < -0.3 is 25.0 Å². The predicted octanol–water partition coefficient (Wildman–Crippen LogP) is 1.31. The lowest BCUT2D eigenvalue weighted by atomic mass is 9.73. The molecule has 2 N–H and O–H groups in total. The third-order valence-corrected chi connectivity index (χ3v) is 5.48. The van der Waals surface area contributed by atoms with Gasteiger partial charge in [-0.3, -0.25) is 0 Å². The first-order valence-electron chi connectivity index (χ1n) is 8.57. The Bertz CT molecular complexity index is 975. The molecule has 0 spiro atoms. The maximum absolute atomic E-state index is 12.5. The van der Waals surface area contributed by atoms with Gasteiger partial charge in [0.2, 0.25) is 6.79 Å². The number of rotatable bonds is 1. The Labute approximate surface area is 149 Å². The van der Waals surface area contributed by atoms with Gasteiger partial charge in [-0.15, -0.1) is 0 Å². The second-order valence-electron chi connectivity index (χ2n) is 6.83. The molecule has 1 aromatic carbocycles. The number of hydrogen-bond donors (Lipinski definition) is 2. The normalized spacial score (nSPS) is 29.8. The number of nitrogens with one attached hydrogen (secondary N) is 2. The van der Waals surface area contributed by atoms with E-state index in [-0.39, 0.29) is 37.2 Å². The van der Waals surface area contributed by atoms with Gasteiger partial charge in [0.15, 0.2) is 11.5 Å². The zero-order valence-electron chi connectivity index (χ0n) is 13.7. The number of fused-ring (bicyclic) bond motifs is 3. The van der Waals surface area contributed by atoms with Crippen LogP contribution in [0.15, 0.2) is 58.0 Å². The van der Waals surface area contributed by atoms with E-state index in [0.29, 0.717) is 11.3 Å². The molecule has 1 aromatic rings. The Morgan fingerprint density at radius 2 is 2.08 bits per heavy atom. The Morgan fingerprint density at radius 3 is 3.04 bits per heavy atom. The predicted molar refractivity (Wildman–Crippen MR) is 91.5 cm³/mol. The number of esters is 1. The third kappa shape index (κ3) is 1.77. The van der Waals surface area contributed by atoms with Crippen molar-refractivity contribution in [1.29, 1.82) is 0 Å². The van der Waals surface area contributed by atoms with Gasteiger partial charge >= 0.3 is 5.97 Å². The van der Waals surface area contributed by atoms with Crippen LogP contribution in [-0.4, -0.2) is 31.6 Å². The molecule has 3 atom stereocenters. The number of nitrogens with zero attached hydrogens (tertiary/aromatic N) is 1. The summed E-state index contributed by atoms with van der Waals surface area (Å²) >= 11 is 0. The lowest BCUT2D eigenvalue weighted by Gasteiger charge is -2.35. The van der Waals surface area contributed by atoms with Crippen LogP contribution in [0.5, 0.6) is 11.5 Å². The number of hydrazone groups is 1. The second kappa shape index (κ2) is 4.91. The molecule has 4 aliphatic heterocycles. The van der Waals surface area contributed by atoms with Crippen LogP contribution >= 0.6 is 0 Å². The highest BCUT2D eigenvalue weighted by molar-refractivity contribution is 5.95. The largest absolute Gasteiger partial charge is 0.456 e. The van der Waals surface area contributed by atoms with Gasteiger partial charge in [0, 0.05) is 23.7 Å². The number of carbonyl (C=O) groups excluding carboxylic acids is 1. The number of ether oxygens (including phenoxy) is 3. The first-order chi connectivity index (χ1) is 12.8. The van der Waals surface area contributed by atoms with Crippen molar-refractivity contribution in [3.8, 4) is 11.5 Å². The molecule has 0 saturated carbocycles. The van der Waals surface area contributed by atoms with Gasteiger partial charge in [-0.05, 0) is 29.3 Å². The van der Waals surface area contributed by atoms with E-state index < -0.39 is 0 Å². The summed E-state index contributed by atoms with van der Waals surface area (Å²) in [5, 5.41) is 7.63. The lowest BCUT2D eigenvalue weighted by molar-refractivity contribution is -0.136. The molecule has 3 unspecified atom stereocenters. The van der Waals surface area contributed by atoms with E-state index in [9.17, 15) is 4.79 Å². The molecule has 7 heteroatoms. The topological polar surface area (TPSA) is 81.2 Å². The van der Waals surface area contributed by atoms with Crippen LogP contribution < -0.4 is 20.2 Å². The molecule has 4 heterocycles. The Kier molecular flexibility index (Phi) is 2.64. The van der Waals surface area contributed by atoms with Crippen LogP contribution in [0.2, 0.25) is 0 Å². The molecular formula is C19H15N3O4. The first-order valence-corrected chi connectivity index (χ1v) is 8.57. The van der Waals surface area contributed by atoms with Crippen molar-refractivity contribution in [2.24, 2.45) is 11.0 Å². The molecule has 0 fully saturated rings. The number of dihydropyridines is 1. The van der Waals surface area contributed by atoms with Crippen molar-refractivity contribution in [2.45, 2.75) is 12.0 Å². The molecule has 0 radical (unpaired) electrons. The molecule has 7 nitrogen and oxygen atoms in total. The standard InChI is InChI=1S/C19H15N3O4/c23-19-17-12(7-24-19)21-11-3-1-10-6-20-22-18(10)16(11)15(17)9-2-4-13-14(5-9)26-8-25-13/h1-6,10,15,18,21-22H,7-8H2. The summed E-state index contributed by atoms with van der Waals surface area (Å²) in [6.45, 7) is 0.496. The van der Waals surface area contributed by atoms with Crippen LogP contribution in [0, 0.1) is 5.92 Å². The summed E-state index contributed by atoms with van der Waals surface area (Å²) < 4.78 is 16.3. The number of allylic oxidation sites excluding steroid dienone is 1. The monoisotopic (exact) mass is 349 g/mol. The molecule has 0 amide bonds. The first kappa shape index (κ1) is 14.0. The average molecular weight is 349 g/mol. The smallest absolute Gasteiger partial charge is 0.337 e. The van der Waals surface area contributed by atoms with Crippen LogP contribution in [0.25, 0.3) is 0 Å². The fourth-order valence-corrected chi connectivity index (χ4v) is 4.31. The highest BCUT2D eigenvalue weighted by Crippen LogP contribution is 2.47. The number of carbonyl (C=O) groups is 1. The maximum atomic E-state index is 12.5. The van der Waals surface area contributed by atoms with E-state index in [1.807, 2.05) is 24.4 Å². The Balaban J connectivity index is 1.54. The Morgan fingerprint density at radius 1 is 1.15 bits per heavy atom. The molecule has 0 saturated heterocycles. The molecular weight excluding hydrogens is 334 g/mol. The van der Waals surface area contributed by atoms with Crippen molar-refractivity contribution < 1.29 is 19.0 Å². The van der Waals surface area contributed by atoms with Crippen molar-refractivity contribution in [3.05, 3.63) is 58.5 Å². The summed E-state index contributed by atoms with van der Waals surface area (Å²) in [5.74, 6) is 1.12. The van der Waals surface area contributed by atoms with E-state index in [0.717, 1.165) is 28.3 Å². The van der Waals surface area contributed by atoms with Crippen LogP contribution in [0.1, 0.15) is 11.5 Å². The second-order valence-corrected chi connectivity index (χ2v) is 6.83. The summed E-state index contributed by atoms with van der Waals surface area (Å²) in [4.78, 5) is 12.5. The van der Waals surface area contributed by atoms with Gasteiger partial charge in [0.25, 0.3) is 0 Å². The lowest BCUT2D eigenvalue weighted by Crippen LogP contribution is -2.40. The molecule has 6 rings (SSSR count). The summed E-state index contributed by atoms with van der Waals surface area (Å²) in [6, 6.07) is 5.87. The molecule has 130 valence electrons. The van der Waals surface area contributed by atoms with Gasteiger partial charge in [0.1, 0.15) is 6.61 Å². The number of cyclic esters (lactones) is 1. The summed E-state index contributed by atoms with van der Waals surface area (Å²) in [6.07, 6.45) is 6.10. The maximum Gasteiger partial charge on any atom is 0.337 e. The molecule has 0 aromatic heterocycles. The van der Waals surface area contributed by atoms with Crippen molar-refractivity contribution in [3.63, 3.8) is 0 Å². The van der Waals surface area contributed by atoms with E-state index in [1.165, 1.54) is 0 Å². The molecule has 5 aliphatic rings. The average Bonchev–Trinajstić information content (AvgIpc) is 3.39. The SMILES string of the molecule is O=C1OCC2=C1C(c1ccc3c(c1)OCO3)C1=C(C=CC3C=NNC13)N2. The summed E-state index contributed by atoms with van der Waals surface area (Å²) in [7, 11) is 0. The Hall–Kier alpha value is -3.22. The van der Waals surface area contributed by atoms with E-state index in [1.54, 1.807) is 0 Å². The van der Waals surface area contributed by atoms with E-state index in [2.05, 4.69) is 28.0 Å². The minimum atomic E-state index is -0.272. The minimum Gasteiger partial charge on any atom is -0.456 e. The van der Waals surface area contributed by atoms with Crippen molar-refractivity contribution in [2.75, 3.05) is 13.4 Å². The summed E-state index contributed by atoms with van der Waals surface area (Å²) in [5.41, 5.74) is 7.79. The van der Waals surface area contributed by atoms with Gasteiger partial charge in [0.05, 0.1) is 17.3 Å². The highest BCUT2D eigenvalue weighted by Gasteiger charge is 2.45. The minimum absolute atomic E-state index is 0.0142. The zero-order chi connectivity index (χ0) is 17.3. The van der Waals surface area contributed by atoms with E-state index in [4.69, 9.17) is 14.2 Å². The molecule has 26 heavy (non-hydrogen) atoms. The molecule has 0 bridgehead atoms. The number of benzene rings is 1. The fraction of sp³-hybridized carbons (Fsp3) is 0.263. The third-order valence-electron chi connectivity index (χ3n) is 5.48. The zero-order valence-corrected chi connectivity index (χ0v) is 13.7. The fourth-order valence-electron chi connectivity index (χ4n) is 4.31. The number of hydrogen-bond acceptors (Lipinski definition) is 7. The van der Waals surface area contributed by atoms with Crippen LogP contribution in [0.3, 0.4) is 0 Å². The highest BCUT2D eigenvalue weighted by atomic mass is 16.7. The molecule has 1 aliphatic carbocycles. The van der Waals surface area contributed by atoms with Crippen LogP contribution in [-0.2, 0) is 9.53 Å². The van der Waals surface area contributed by atoms with Gasteiger partial charge in [-0.2, -0.15) is 5.10 Å². The quantitative estimate of drug-likeness (QED) is 0.744.